The van der Waals surface area contributed by atoms with Crippen molar-refractivity contribution in [3.8, 4) is 102 Å². The van der Waals surface area contributed by atoms with Gasteiger partial charge in [0.15, 0.2) is 34.9 Å². The molecule has 15 aromatic rings. The molecule has 0 aliphatic rings. The summed E-state index contributed by atoms with van der Waals surface area (Å²) in [7, 11) is 0. The number of benzene rings is 11. The maximum Gasteiger partial charge on any atom is 0.166 e. The first-order chi connectivity index (χ1) is 41.2. The van der Waals surface area contributed by atoms with Crippen molar-refractivity contribution in [2.24, 2.45) is 0 Å². The van der Waals surface area contributed by atoms with Crippen molar-refractivity contribution in [1.29, 1.82) is 0 Å². The number of aromatic nitrogens is 8. The highest BCUT2D eigenvalue weighted by molar-refractivity contribution is 6.11. The van der Waals surface area contributed by atoms with E-state index in [0.717, 1.165) is 89.1 Å². The average Bonchev–Trinajstić information content (AvgIpc) is 2.42. The molecule has 0 saturated heterocycles. The molecule has 0 atom stereocenters. The van der Waals surface area contributed by atoms with Crippen LogP contribution in [0, 0.1) is 27.7 Å². The van der Waals surface area contributed by atoms with Gasteiger partial charge in [-0.05, 0) is 129 Å². The molecule has 398 valence electrons. The van der Waals surface area contributed by atoms with Gasteiger partial charge in [0.25, 0.3) is 0 Å². The third-order valence-electron chi connectivity index (χ3n) is 16.0. The van der Waals surface area contributed by atoms with Crippen molar-refractivity contribution < 1.29 is 0 Å². The Hall–Kier alpha value is -11.0. The van der Waals surface area contributed by atoms with Gasteiger partial charge in [-0.15, -0.1) is 0 Å². The molecular weight excluding hydrogens is 1020 g/mol. The molecule has 0 radical (unpaired) electrons. The Bertz CT molecular complexity index is 4500. The van der Waals surface area contributed by atoms with Crippen LogP contribution in [0.5, 0.6) is 0 Å². The maximum absolute atomic E-state index is 5.37. The Morgan fingerprint density at radius 1 is 0.214 bits per heavy atom. The summed E-state index contributed by atoms with van der Waals surface area (Å²) in [6.45, 7) is 8.64. The van der Waals surface area contributed by atoms with Gasteiger partial charge in [-0.3, -0.25) is 0 Å². The van der Waals surface area contributed by atoms with E-state index in [0.29, 0.717) is 34.9 Å². The second kappa shape index (κ2) is 20.5. The molecule has 0 aliphatic heterocycles. The summed E-state index contributed by atoms with van der Waals surface area (Å²) in [4.78, 5) is 31.7. The van der Waals surface area contributed by atoms with E-state index >= 15 is 0 Å². The second-order valence-electron chi connectivity index (χ2n) is 21.9. The summed E-state index contributed by atoms with van der Waals surface area (Å²) in [6, 6.07) is 89.9. The van der Waals surface area contributed by atoms with E-state index in [1.54, 1.807) is 0 Å². The van der Waals surface area contributed by atoms with Crippen molar-refractivity contribution in [1.82, 2.24) is 39.0 Å². The molecule has 0 spiro atoms. The lowest BCUT2D eigenvalue weighted by molar-refractivity contribution is 1.06. The highest BCUT2D eigenvalue weighted by Gasteiger charge is 2.24. The molecule has 4 aromatic heterocycles. The van der Waals surface area contributed by atoms with Gasteiger partial charge in [-0.25, -0.2) is 29.9 Å². The van der Waals surface area contributed by atoms with E-state index < -0.39 is 0 Å². The van der Waals surface area contributed by atoms with Crippen molar-refractivity contribution >= 4 is 43.6 Å². The van der Waals surface area contributed by atoms with E-state index in [2.05, 4.69) is 219 Å². The van der Waals surface area contributed by atoms with Crippen LogP contribution in [-0.2, 0) is 0 Å². The zero-order chi connectivity index (χ0) is 56.4. The standard InChI is InChI=1S/C76H54N8/c1-47-28-34-65-59(40-47)60-41-48(2)29-35-66(60)83(65)69-38-32-57(45-63(69)75-79-71(51-18-9-5-10-19-51)77-72(80-75)52-20-11-6-12-21-52)55-26-17-27-56(44-55)58-33-39-70(84-67-36-30-49(3)42-61(67)62-43-50(4)31-37-68(62)84)64(46-58)76-81-73(53-22-13-7-14-23-53)78-74(82-76)54-24-15-8-16-25-54/h5-46H,1-4H3. The lowest BCUT2D eigenvalue weighted by Gasteiger charge is -2.17. The van der Waals surface area contributed by atoms with Gasteiger partial charge in [0.1, 0.15) is 0 Å². The third kappa shape index (κ3) is 8.98. The molecule has 0 saturated carbocycles. The first kappa shape index (κ1) is 50.0. The molecule has 4 heterocycles. The fourth-order valence-corrected chi connectivity index (χ4v) is 11.9. The van der Waals surface area contributed by atoms with Crippen LogP contribution in [0.3, 0.4) is 0 Å². The fourth-order valence-electron chi connectivity index (χ4n) is 11.9. The molecule has 0 fully saturated rings. The third-order valence-corrected chi connectivity index (χ3v) is 16.0. The van der Waals surface area contributed by atoms with Gasteiger partial charge in [-0.1, -0.05) is 198 Å². The van der Waals surface area contributed by atoms with Crippen molar-refractivity contribution in [3.05, 3.63) is 277 Å². The van der Waals surface area contributed by atoms with E-state index in [1.807, 2.05) is 72.8 Å². The molecule has 8 heteroatoms. The Kier molecular flexibility index (Phi) is 12.2. The topological polar surface area (TPSA) is 87.2 Å². The average molecular weight is 1080 g/mol. The van der Waals surface area contributed by atoms with Crippen molar-refractivity contribution in [2.75, 3.05) is 0 Å². The highest BCUT2D eigenvalue weighted by Crippen LogP contribution is 2.42. The van der Waals surface area contributed by atoms with Crippen molar-refractivity contribution in [2.45, 2.75) is 27.7 Å². The zero-order valence-corrected chi connectivity index (χ0v) is 46.8. The first-order valence-electron chi connectivity index (χ1n) is 28.4. The predicted octanol–water partition coefficient (Wildman–Crippen LogP) is 18.8. The van der Waals surface area contributed by atoms with Gasteiger partial charge in [-0.2, -0.15) is 0 Å². The normalized spacial score (nSPS) is 11.6. The molecule has 84 heavy (non-hydrogen) atoms. The van der Waals surface area contributed by atoms with Gasteiger partial charge >= 0.3 is 0 Å². The predicted molar refractivity (Wildman–Crippen MR) is 344 cm³/mol. The first-order valence-corrected chi connectivity index (χ1v) is 28.4. The molecular formula is C76H54N8. The number of nitrogens with zero attached hydrogens (tertiary/aromatic N) is 8. The van der Waals surface area contributed by atoms with Crippen LogP contribution in [0.2, 0.25) is 0 Å². The van der Waals surface area contributed by atoms with Gasteiger partial charge < -0.3 is 9.13 Å². The Balaban J connectivity index is 0.949. The molecule has 8 nitrogen and oxygen atoms in total. The molecule has 15 rings (SSSR count). The van der Waals surface area contributed by atoms with Gasteiger partial charge in [0.2, 0.25) is 0 Å². The number of aryl methyl sites for hydroxylation is 4. The second-order valence-corrected chi connectivity index (χ2v) is 21.9. The van der Waals surface area contributed by atoms with Crippen LogP contribution < -0.4 is 0 Å². The van der Waals surface area contributed by atoms with Crippen molar-refractivity contribution in [3.63, 3.8) is 0 Å². The largest absolute Gasteiger partial charge is 0.309 e. The minimum atomic E-state index is 0.572. The SMILES string of the molecule is Cc1ccc2c(c1)c1cc(C)ccc1n2-c1ccc(-c2cccc(-c3ccc(-n4c5ccc(C)cc5c5cc(C)ccc54)c(-c4nc(-c5ccccc5)nc(-c5ccccc5)n4)c3)c2)cc1-c1nc(-c2ccccc2)nc(-c2ccccc2)n1. The van der Waals surface area contributed by atoms with Crippen LogP contribution in [0.1, 0.15) is 22.3 Å². The molecule has 0 aliphatic carbocycles. The number of rotatable bonds is 10. The molecule has 0 unspecified atom stereocenters. The zero-order valence-electron chi connectivity index (χ0n) is 46.8. The van der Waals surface area contributed by atoms with Crippen LogP contribution in [0.4, 0.5) is 0 Å². The summed E-state index contributed by atoms with van der Waals surface area (Å²) < 4.78 is 4.76. The summed E-state index contributed by atoms with van der Waals surface area (Å²) in [6.07, 6.45) is 0. The van der Waals surface area contributed by atoms with Crippen LogP contribution in [-0.4, -0.2) is 39.0 Å². The quantitative estimate of drug-likeness (QED) is 0.136. The van der Waals surface area contributed by atoms with E-state index in [9.17, 15) is 0 Å². The van der Waals surface area contributed by atoms with E-state index in [4.69, 9.17) is 29.9 Å². The van der Waals surface area contributed by atoms with Gasteiger partial charge in [0.05, 0.1) is 33.4 Å². The highest BCUT2D eigenvalue weighted by atomic mass is 15.1. The lowest BCUT2D eigenvalue weighted by Crippen LogP contribution is -2.04. The Labute approximate surface area is 486 Å². The summed E-state index contributed by atoms with van der Waals surface area (Å²) in [5, 5.41) is 4.78. The van der Waals surface area contributed by atoms with Crippen LogP contribution in [0.15, 0.2) is 255 Å². The minimum absolute atomic E-state index is 0.572. The Morgan fingerprint density at radius 2 is 0.476 bits per heavy atom. The van der Waals surface area contributed by atoms with Crippen LogP contribution >= 0.6 is 0 Å². The Morgan fingerprint density at radius 3 is 0.774 bits per heavy atom. The van der Waals surface area contributed by atoms with E-state index in [1.165, 1.54) is 43.8 Å². The van der Waals surface area contributed by atoms with E-state index in [-0.39, 0.29) is 0 Å². The molecule has 0 bridgehead atoms. The lowest BCUT2D eigenvalue weighted by atomic mass is 9.95. The summed E-state index contributed by atoms with van der Waals surface area (Å²) in [5.74, 6) is 3.54. The van der Waals surface area contributed by atoms with Gasteiger partial charge in [0, 0.05) is 54.9 Å². The number of hydrogen-bond donors (Lipinski definition) is 0. The maximum atomic E-state index is 5.37. The number of hydrogen-bond acceptors (Lipinski definition) is 6. The monoisotopic (exact) mass is 1080 g/mol. The van der Waals surface area contributed by atoms with Crippen LogP contribution in [0.25, 0.3) is 146 Å². The summed E-state index contributed by atoms with van der Waals surface area (Å²) >= 11 is 0. The fraction of sp³-hybridized carbons (Fsp3) is 0.0526. The number of fused-ring (bicyclic) bond motifs is 6. The summed E-state index contributed by atoms with van der Waals surface area (Å²) in [5.41, 5.74) is 20.6. The smallest absolute Gasteiger partial charge is 0.166 e. The molecule has 0 amide bonds. The minimum Gasteiger partial charge on any atom is -0.309 e. The molecule has 0 N–H and O–H groups in total. The molecule has 11 aromatic carbocycles.